The molecule has 0 aromatic heterocycles. The molecule has 4 rings (SSSR count). The second kappa shape index (κ2) is 9.73. The monoisotopic (exact) mass is 426 g/mol. The summed E-state index contributed by atoms with van der Waals surface area (Å²) in [6, 6.07) is 40.7. The third-order valence-corrected chi connectivity index (χ3v) is 10.9. The van der Waals surface area contributed by atoms with E-state index in [1.54, 1.807) is 0 Å². The molecular formula is C28H27O2P. The molecule has 4 aromatic rings. The van der Waals surface area contributed by atoms with Gasteiger partial charge in [-0.3, -0.25) is 0 Å². The van der Waals surface area contributed by atoms with E-state index in [-0.39, 0.29) is 5.97 Å². The van der Waals surface area contributed by atoms with Gasteiger partial charge in [0, 0.05) is 0 Å². The summed E-state index contributed by atoms with van der Waals surface area (Å²) in [6.45, 7) is 0. The Bertz CT molecular complexity index is 1010. The molecule has 0 radical (unpaired) electrons. The van der Waals surface area contributed by atoms with Gasteiger partial charge in [0.2, 0.25) is 0 Å². The first-order valence-electron chi connectivity index (χ1n) is 10.6. The summed E-state index contributed by atoms with van der Waals surface area (Å²) >= 11 is 0. The van der Waals surface area contributed by atoms with Crippen LogP contribution < -0.4 is 15.9 Å². The van der Waals surface area contributed by atoms with Gasteiger partial charge in [0.05, 0.1) is 0 Å². The van der Waals surface area contributed by atoms with Gasteiger partial charge in [-0.25, -0.2) is 0 Å². The Morgan fingerprint density at radius 1 is 0.645 bits per heavy atom. The molecule has 0 amide bonds. The summed E-state index contributed by atoms with van der Waals surface area (Å²) in [7, 11) is -0.828. The first kappa shape index (κ1) is 21.0. The zero-order chi connectivity index (χ0) is 21.5. The fraction of sp³-hybridized carbons (Fsp3) is 0.107. The van der Waals surface area contributed by atoms with Crippen LogP contribution >= 0.6 is 7.26 Å². The number of esters is 1. The van der Waals surface area contributed by atoms with Gasteiger partial charge in [-0.2, -0.15) is 0 Å². The van der Waals surface area contributed by atoms with E-state index in [2.05, 4.69) is 91.0 Å². The molecule has 0 saturated heterocycles. The van der Waals surface area contributed by atoms with Crippen molar-refractivity contribution in [3.05, 3.63) is 126 Å². The number of methoxy groups -OCH3 is 1. The number of hydrogen-bond acceptors (Lipinski definition) is 2. The molecule has 0 atom stereocenters. The summed E-state index contributed by atoms with van der Waals surface area (Å²) in [4.78, 5) is 11.8. The average molecular weight is 426 g/mol. The van der Waals surface area contributed by atoms with Crippen molar-refractivity contribution in [2.75, 3.05) is 13.3 Å². The molecule has 3 heteroatoms. The molecule has 0 heterocycles. The van der Waals surface area contributed by atoms with E-state index >= 15 is 0 Å². The maximum atomic E-state index is 11.8. The van der Waals surface area contributed by atoms with Gasteiger partial charge in [-0.1, -0.05) is 0 Å². The van der Waals surface area contributed by atoms with Gasteiger partial charge in [-0.05, 0) is 0 Å². The minimum absolute atomic E-state index is 0.298. The number of carbonyl (C=O) groups excluding carboxylic acids is 1. The van der Waals surface area contributed by atoms with E-state index in [0.717, 1.165) is 12.6 Å². The topological polar surface area (TPSA) is 26.3 Å². The Hall–Kier alpha value is -3.22. The van der Waals surface area contributed by atoms with Crippen molar-refractivity contribution in [2.24, 2.45) is 0 Å². The van der Waals surface area contributed by atoms with Crippen molar-refractivity contribution in [1.29, 1.82) is 0 Å². The van der Waals surface area contributed by atoms with Crippen LogP contribution in [0.4, 0.5) is 0 Å². The first-order valence-corrected chi connectivity index (χ1v) is 12.8. The van der Waals surface area contributed by atoms with Crippen LogP contribution in [0.25, 0.3) is 0 Å². The summed E-state index contributed by atoms with van der Waals surface area (Å²) in [5.74, 6) is -0.298. The predicted octanol–water partition coefficient (Wildman–Crippen LogP) is 4.74. The predicted molar refractivity (Wildman–Crippen MR) is 133 cm³/mol. The molecule has 0 aliphatic heterocycles. The molecule has 2 nitrogen and oxygen atoms in total. The van der Waals surface area contributed by atoms with Crippen molar-refractivity contribution in [2.45, 2.75) is 6.42 Å². The van der Waals surface area contributed by atoms with Gasteiger partial charge < -0.3 is 0 Å². The number of carbonyl (C=O) groups is 1. The maximum absolute atomic E-state index is 11.8. The van der Waals surface area contributed by atoms with Crippen molar-refractivity contribution < 1.29 is 9.53 Å². The molecular weight excluding hydrogens is 399 g/mol. The number of aryl methyl sites for hydroxylation is 1. The fourth-order valence-corrected chi connectivity index (χ4v) is 9.17. The van der Waals surface area contributed by atoms with Crippen molar-refractivity contribution >= 4 is 29.1 Å². The number of hydrogen-bond donors (Lipinski definition) is 0. The van der Waals surface area contributed by atoms with Crippen LogP contribution in [0.1, 0.15) is 15.9 Å². The van der Waals surface area contributed by atoms with Crippen LogP contribution in [0.5, 0.6) is 0 Å². The number of ether oxygens (including phenoxy) is 1. The number of rotatable bonds is 7. The van der Waals surface area contributed by atoms with Crippen LogP contribution in [0.3, 0.4) is 0 Å². The molecule has 0 bridgehead atoms. The normalized spacial score (nSPS) is 11.6. The Balaban J connectivity index is 1.78. The summed E-state index contributed by atoms with van der Waals surface area (Å²) in [5, 5.41) is 4.25. The molecule has 4 aromatic carbocycles. The molecule has 0 unspecified atom stereocenters. The zero-order valence-corrected chi connectivity index (χ0v) is 18.7. The molecule has 156 valence electrons. The van der Waals surface area contributed by atoms with E-state index in [9.17, 15) is 4.79 Å². The van der Waals surface area contributed by atoms with E-state index in [4.69, 9.17) is 4.74 Å². The second-order valence-corrected chi connectivity index (χ2v) is 11.7. The Kier molecular flexibility index (Phi) is 6.60. The summed E-state index contributed by atoms with van der Waals surface area (Å²) < 4.78 is 4.83. The molecule has 0 fully saturated rings. The van der Waals surface area contributed by atoms with Gasteiger partial charge in [0.15, 0.2) is 0 Å². The Morgan fingerprint density at radius 2 is 1.06 bits per heavy atom. The molecule has 0 aliphatic rings. The van der Waals surface area contributed by atoms with E-state index in [0.29, 0.717) is 5.56 Å². The van der Waals surface area contributed by atoms with Crippen molar-refractivity contribution in [3.8, 4) is 0 Å². The molecule has 0 N–H and O–H groups in total. The fourth-order valence-electron chi connectivity index (χ4n) is 4.36. The van der Waals surface area contributed by atoms with Crippen LogP contribution in [0, 0.1) is 0 Å². The second-order valence-electron chi connectivity index (χ2n) is 7.69. The van der Waals surface area contributed by atoms with Gasteiger partial charge in [0.1, 0.15) is 0 Å². The van der Waals surface area contributed by atoms with Crippen LogP contribution in [-0.2, 0) is 11.2 Å². The van der Waals surface area contributed by atoms with E-state index in [1.807, 2.05) is 24.3 Å². The Morgan fingerprint density at radius 3 is 1.45 bits per heavy atom. The number of benzene rings is 4. The van der Waals surface area contributed by atoms with E-state index in [1.165, 1.54) is 28.6 Å². The zero-order valence-electron chi connectivity index (χ0n) is 17.7. The first-order chi connectivity index (χ1) is 15.2. The SMILES string of the molecule is COC(=O)c1ccc(CC[PH](c2ccccc2)(c2ccccc2)c2ccccc2)cc1. The minimum atomic E-state index is -2.24. The Labute approximate surface area is 184 Å². The molecule has 0 saturated carbocycles. The van der Waals surface area contributed by atoms with Crippen LogP contribution in [-0.4, -0.2) is 19.2 Å². The summed E-state index contributed by atoms with van der Waals surface area (Å²) in [6.07, 6.45) is 1.98. The average Bonchev–Trinajstić information content (AvgIpc) is 2.86. The van der Waals surface area contributed by atoms with Crippen LogP contribution in [0.15, 0.2) is 115 Å². The molecule has 0 spiro atoms. The van der Waals surface area contributed by atoms with Gasteiger partial charge >= 0.3 is 185 Å². The summed E-state index contributed by atoms with van der Waals surface area (Å²) in [5.41, 5.74) is 1.82. The van der Waals surface area contributed by atoms with Crippen molar-refractivity contribution in [1.82, 2.24) is 0 Å². The van der Waals surface area contributed by atoms with E-state index < -0.39 is 7.26 Å². The van der Waals surface area contributed by atoms with Gasteiger partial charge in [-0.15, -0.1) is 0 Å². The van der Waals surface area contributed by atoms with Crippen molar-refractivity contribution in [3.63, 3.8) is 0 Å². The third-order valence-electron chi connectivity index (χ3n) is 5.96. The quantitative estimate of drug-likeness (QED) is 0.315. The standard InChI is InChI=1S/C28H27O2P/c1-30-28(29)24-19-17-23(18-20-24)21-22-31(25-11-5-2-6-12-25,26-13-7-3-8-14-26)27-15-9-4-10-16-27/h2-20,31H,21-22H2,1H3. The third kappa shape index (κ3) is 4.45. The van der Waals surface area contributed by atoms with Gasteiger partial charge in [0.25, 0.3) is 0 Å². The van der Waals surface area contributed by atoms with Crippen LogP contribution in [0.2, 0.25) is 0 Å². The molecule has 0 aliphatic carbocycles. The molecule has 31 heavy (non-hydrogen) atoms.